The summed E-state index contributed by atoms with van der Waals surface area (Å²) in [5, 5.41) is 2.81. The molecule has 23 heavy (non-hydrogen) atoms. The Morgan fingerprint density at radius 1 is 0.826 bits per heavy atom. The Balaban J connectivity index is 2.04. The van der Waals surface area contributed by atoms with Crippen LogP contribution in [0.15, 0.2) is 77.0 Å². The molecule has 2 unspecified atom stereocenters. The van der Waals surface area contributed by atoms with Crippen molar-refractivity contribution in [2.75, 3.05) is 0 Å². The van der Waals surface area contributed by atoms with E-state index >= 15 is 0 Å². The third-order valence-corrected chi connectivity index (χ3v) is 5.51. The average molecular weight is 319 g/mol. The summed E-state index contributed by atoms with van der Waals surface area (Å²) in [5.41, 5.74) is 3.05. The van der Waals surface area contributed by atoms with Gasteiger partial charge in [0.2, 0.25) is 5.12 Å². The highest BCUT2D eigenvalue weighted by molar-refractivity contribution is 7.37. The van der Waals surface area contributed by atoms with Crippen LogP contribution in [0.3, 0.4) is 0 Å². The maximum Gasteiger partial charge on any atom is 0.597 e. The third-order valence-electron chi connectivity index (χ3n) is 4.38. The van der Waals surface area contributed by atoms with Crippen LogP contribution in [-0.4, -0.2) is 0 Å². The van der Waals surface area contributed by atoms with Crippen molar-refractivity contribution in [3.63, 3.8) is 0 Å². The molecule has 4 aromatic rings. The molecule has 2 atom stereocenters. The van der Waals surface area contributed by atoms with Gasteiger partial charge in [0.1, 0.15) is 0 Å². The van der Waals surface area contributed by atoms with Crippen molar-refractivity contribution >= 4 is 29.1 Å². The van der Waals surface area contributed by atoms with Crippen molar-refractivity contribution < 1.29 is 8.76 Å². The lowest BCUT2D eigenvalue weighted by molar-refractivity contribution is 0.562. The maximum atomic E-state index is 12.5. The molecule has 0 saturated heterocycles. The summed E-state index contributed by atoms with van der Waals surface area (Å²) in [7, 11) is -1.85. The molecule has 4 rings (SSSR count). The molecule has 3 aromatic carbocycles. The Bertz CT molecular complexity index is 1050. The van der Waals surface area contributed by atoms with Crippen molar-refractivity contribution in [3.8, 4) is 0 Å². The predicted molar refractivity (Wildman–Crippen MR) is 95.3 cm³/mol. The van der Waals surface area contributed by atoms with Crippen molar-refractivity contribution in [3.05, 3.63) is 83.9 Å². The van der Waals surface area contributed by atoms with E-state index in [4.69, 9.17) is 4.20 Å². The summed E-state index contributed by atoms with van der Waals surface area (Å²) in [6.07, 6.45) is 0. The lowest BCUT2D eigenvalue weighted by Crippen LogP contribution is -1.96. The van der Waals surface area contributed by atoms with Gasteiger partial charge in [-0.25, -0.2) is 4.20 Å². The largest absolute Gasteiger partial charge is 0.597 e. The summed E-state index contributed by atoms with van der Waals surface area (Å²) in [6.45, 7) is 2.15. The van der Waals surface area contributed by atoms with E-state index < -0.39 is 7.65 Å². The highest BCUT2D eigenvalue weighted by Gasteiger charge is 2.21. The molecular weight excluding hydrogens is 303 g/mol. The number of fused-ring (bicyclic) bond motifs is 3. The van der Waals surface area contributed by atoms with Crippen molar-refractivity contribution in [1.82, 2.24) is 0 Å². The molecule has 0 aliphatic rings. The number of para-hydroxylation sites is 1. The molecule has 112 valence electrons. The van der Waals surface area contributed by atoms with Crippen molar-refractivity contribution in [2.24, 2.45) is 0 Å². The fourth-order valence-corrected chi connectivity index (χ4v) is 4.19. The minimum Gasteiger partial charge on any atom is -0.249 e. The van der Waals surface area contributed by atoms with E-state index in [-0.39, 0.29) is 5.92 Å². The molecular formula is C20H16O2P+. The monoisotopic (exact) mass is 319 g/mol. The van der Waals surface area contributed by atoms with Crippen LogP contribution in [-0.2, 0) is 4.57 Å². The molecule has 0 bridgehead atoms. The number of hydrogen-bond acceptors (Lipinski definition) is 2. The van der Waals surface area contributed by atoms with E-state index in [2.05, 4.69) is 25.1 Å². The Labute approximate surface area is 135 Å². The fourth-order valence-electron chi connectivity index (χ4n) is 3.12. The first-order chi connectivity index (χ1) is 11.3. The van der Waals surface area contributed by atoms with Gasteiger partial charge in [0.15, 0.2) is 5.58 Å². The second-order valence-corrected chi connectivity index (χ2v) is 6.90. The van der Waals surface area contributed by atoms with E-state index in [0.717, 1.165) is 27.0 Å². The van der Waals surface area contributed by atoms with Crippen molar-refractivity contribution in [1.29, 1.82) is 0 Å². The smallest absolute Gasteiger partial charge is 0.249 e. The Morgan fingerprint density at radius 2 is 1.52 bits per heavy atom. The molecule has 3 heteroatoms. The molecule has 0 fully saturated rings. The van der Waals surface area contributed by atoms with E-state index in [1.54, 1.807) is 0 Å². The SMILES string of the molecule is CC(c1ccccc1)c1cccc2c1o[p+](=O)c1ccccc21. The Morgan fingerprint density at radius 3 is 2.35 bits per heavy atom. The quantitative estimate of drug-likeness (QED) is 0.396. The van der Waals surface area contributed by atoms with Crippen LogP contribution in [0.4, 0.5) is 0 Å². The van der Waals surface area contributed by atoms with Gasteiger partial charge in [-0.2, -0.15) is 0 Å². The van der Waals surface area contributed by atoms with Gasteiger partial charge in [0.05, 0.1) is 0 Å². The van der Waals surface area contributed by atoms with Crippen LogP contribution >= 0.6 is 7.65 Å². The van der Waals surface area contributed by atoms with Gasteiger partial charge in [-0.1, -0.05) is 67.6 Å². The Kier molecular flexibility index (Phi) is 3.48. The molecule has 0 aliphatic carbocycles. The van der Waals surface area contributed by atoms with Crippen LogP contribution in [0.5, 0.6) is 0 Å². The van der Waals surface area contributed by atoms with E-state index in [0.29, 0.717) is 0 Å². The van der Waals surface area contributed by atoms with Gasteiger partial charge in [0.25, 0.3) is 0 Å². The number of hydrogen-bond donors (Lipinski definition) is 0. The van der Waals surface area contributed by atoms with Crippen LogP contribution in [0.2, 0.25) is 0 Å². The topological polar surface area (TPSA) is 30.2 Å². The summed E-state index contributed by atoms with van der Waals surface area (Å²) < 4.78 is 18.3. The molecule has 2 nitrogen and oxygen atoms in total. The van der Waals surface area contributed by atoms with Crippen molar-refractivity contribution in [2.45, 2.75) is 12.8 Å². The molecule has 1 aromatic heterocycles. The highest BCUT2D eigenvalue weighted by atomic mass is 31.1. The lowest BCUT2D eigenvalue weighted by Gasteiger charge is -2.13. The summed E-state index contributed by atoms with van der Waals surface area (Å²) in [4.78, 5) is 0. The Hall–Kier alpha value is -2.44. The zero-order valence-corrected chi connectivity index (χ0v) is 13.7. The first-order valence-electron chi connectivity index (χ1n) is 7.68. The van der Waals surface area contributed by atoms with Gasteiger partial charge < -0.3 is 0 Å². The van der Waals surface area contributed by atoms with Gasteiger partial charge in [0, 0.05) is 22.3 Å². The van der Waals surface area contributed by atoms with E-state index in [9.17, 15) is 4.57 Å². The molecule has 0 spiro atoms. The van der Waals surface area contributed by atoms with Crippen LogP contribution < -0.4 is 0 Å². The second kappa shape index (κ2) is 5.64. The molecule has 0 radical (unpaired) electrons. The van der Waals surface area contributed by atoms with Crippen LogP contribution in [0.25, 0.3) is 21.5 Å². The summed E-state index contributed by atoms with van der Waals surface area (Å²) in [6, 6.07) is 24.2. The van der Waals surface area contributed by atoms with Gasteiger partial charge >= 0.3 is 7.65 Å². The fraction of sp³-hybridized carbons (Fsp3) is 0.100. The zero-order valence-electron chi connectivity index (χ0n) is 12.8. The molecule has 0 saturated carbocycles. The number of rotatable bonds is 2. The van der Waals surface area contributed by atoms with E-state index in [1.807, 2.05) is 54.6 Å². The predicted octanol–water partition coefficient (Wildman–Crippen LogP) is 6.48. The number of benzene rings is 3. The van der Waals surface area contributed by atoms with Gasteiger partial charge in [-0.3, -0.25) is 0 Å². The molecule has 0 aliphatic heterocycles. The minimum absolute atomic E-state index is 0.180. The summed E-state index contributed by atoms with van der Waals surface area (Å²) >= 11 is 0. The third kappa shape index (κ3) is 2.36. The average Bonchev–Trinajstić information content (AvgIpc) is 2.62. The van der Waals surface area contributed by atoms with Gasteiger partial charge in [-0.15, -0.1) is 0 Å². The summed E-state index contributed by atoms with van der Waals surface area (Å²) in [5.74, 6) is 0.180. The normalized spacial score (nSPS) is 13.3. The van der Waals surface area contributed by atoms with E-state index in [1.165, 1.54) is 5.56 Å². The van der Waals surface area contributed by atoms with Crippen LogP contribution in [0, 0.1) is 0 Å². The first-order valence-corrected chi connectivity index (χ1v) is 8.86. The minimum atomic E-state index is -1.85. The van der Waals surface area contributed by atoms with Gasteiger partial charge in [-0.05, 0) is 22.3 Å². The van der Waals surface area contributed by atoms with Crippen LogP contribution in [0.1, 0.15) is 24.0 Å². The maximum absolute atomic E-state index is 12.5. The zero-order chi connectivity index (χ0) is 15.8. The lowest BCUT2D eigenvalue weighted by atomic mass is 9.91. The molecule has 0 amide bonds. The molecule has 1 heterocycles. The molecule has 0 N–H and O–H groups in total. The second-order valence-electron chi connectivity index (χ2n) is 5.72. The first kappa shape index (κ1) is 14.2. The standard InChI is InChI=1S/C20H16O2P/c1-14(15-8-3-2-4-9-15)16-11-7-12-18-17-10-5-6-13-19(17)23(21)22-20(16)18/h2-14H,1H3/q+1. The highest BCUT2D eigenvalue weighted by Crippen LogP contribution is 2.39.